The van der Waals surface area contributed by atoms with E-state index in [0.29, 0.717) is 23.6 Å². The van der Waals surface area contributed by atoms with Crippen LogP contribution >= 0.6 is 0 Å². The summed E-state index contributed by atoms with van der Waals surface area (Å²) in [5.74, 6) is 0.807. The maximum Gasteiger partial charge on any atom is 0.188 e. The zero-order valence-electron chi connectivity index (χ0n) is 14.6. The van der Waals surface area contributed by atoms with Crippen LogP contribution in [0.2, 0.25) is 0 Å². The summed E-state index contributed by atoms with van der Waals surface area (Å²) < 4.78 is 6.12. The van der Waals surface area contributed by atoms with Gasteiger partial charge in [-0.25, -0.2) is 0 Å². The van der Waals surface area contributed by atoms with E-state index in [4.69, 9.17) is 10.5 Å². The standard InChI is InChI=1S/C20H22N4O2/c1-22-13-15(11-14-7-3-2-4-8-14)26-19-12-17(23-24-20(19)21)16-9-5-6-10-18(16)25/h2-10,12,15,22,25H,11,13H2,1H3,(H2,21,24). The van der Waals surface area contributed by atoms with E-state index < -0.39 is 0 Å². The Hall–Kier alpha value is -3.12. The minimum atomic E-state index is -0.119. The SMILES string of the molecule is CNCC(Cc1ccccc1)Oc1cc(-c2ccccc2O)nnc1N. The predicted octanol–water partition coefficient (Wildman–Crippen LogP) is 2.64. The Balaban J connectivity index is 1.85. The van der Waals surface area contributed by atoms with Crippen LogP contribution in [0.3, 0.4) is 0 Å². The van der Waals surface area contributed by atoms with Crippen LogP contribution in [-0.4, -0.2) is 35.0 Å². The van der Waals surface area contributed by atoms with Gasteiger partial charge in [-0.2, -0.15) is 0 Å². The molecule has 0 saturated heterocycles. The zero-order valence-corrected chi connectivity index (χ0v) is 14.6. The first kappa shape index (κ1) is 17.7. The summed E-state index contributed by atoms with van der Waals surface area (Å²) in [4.78, 5) is 0. The summed E-state index contributed by atoms with van der Waals surface area (Å²) in [5, 5.41) is 21.2. The Morgan fingerprint density at radius 1 is 1.08 bits per heavy atom. The van der Waals surface area contributed by atoms with Crippen molar-refractivity contribution in [1.29, 1.82) is 0 Å². The number of rotatable bonds is 7. The third-order valence-electron chi connectivity index (χ3n) is 4.00. The van der Waals surface area contributed by atoms with E-state index in [-0.39, 0.29) is 17.7 Å². The highest BCUT2D eigenvalue weighted by atomic mass is 16.5. The Labute approximate surface area is 152 Å². The molecule has 0 aliphatic carbocycles. The predicted molar refractivity (Wildman–Crippen MR) is 102 cm³/mol. The fourth-order valence-corrected chi connectivity index (χ4v) is 2.74. The van der Waals surface area contributed by atoms with Crippen LogP contribution in [0.15, 0.2) is 60.7 Å². The number of para-hydroxylation sites is 1. The lowest BCUT2D eigenvalue weighted by molar-refractivity contribution is 0.201. The molecule has 0 radical (unpaired) electrons. The Morgan fingerprint density at radius 2 is 1.81 bits per heavy atom. The normalized spacial score (nSPS) is 11.9. The number of ether oxygens (including phenoxy) is 1. The summed E-state index contributed by atoms with van der Waals surface area (Å²) in [5.41, 5.74) is 8.23. The molecule has 4 N–H and O–H groups in total. The number of phenolic OH excluding ortho intramolecular Hbond substituents is 1. The molecule has 0 aliphatic rings. The van der Waals surface area contributed by atoms with Crippen LogP contribution in [0, 0.1) is 0 Å². The number of aromatic nitrogens is 2. The van der Waals surface area contributed by atoms with Gasteiger partial charge in [-0.05, 0) is 24.7 Å². The second-order valence-electron chi connectivity index (χ2n) is 5.98. The third-order valence-corrected chi connectivity index (χ3v) is 4.00. The van der Waals surface area contributed by atoms with Crippen molar-refractivity contribution in [2.75, 3.05) is 19.3 Å². The van der Waals surface area contributed by atoms with E-state index in [9.17, 15) is 5.11 Å². The lowest BCUT2D eigenvalue weighted by Crippen LogP contribution is -2.31. The molecular weight excluding hydrogens is 328 g/mol. The molecule has 1 heterocycles. The fraction of sp³-hybridized carbons (Fsp3) is 0.200. The Morgan fingerprint density at radius 3 is 2.54 bits per heavy atom. The lowest BCUT2D eigenvalue weighted by atomic mass is 10.1. The van der Waals surface area contributed by atoms with Crippen LogP contribution in [0.25, 0.3) is 11.3 Å². The molecule has 6 nitrogen and oxygen atoms in total. The summed E-state index contributed by atoms with van der Waals surface area (Å²) in [7, 11) is 1.88. The number of aromatic hydroxyl groups is 1. The quantitative estimate of drug-likeness (QED) is 0.606. The Bertz CT molecular complexity index is 855. The molecule has 6 heteroatoms. The minimum absolute atomic E-state index is 0.119. The summed E-state index contributed by atoms with van der Waals surface area (Å²) in [6, 6.07) is 18.8. The maximum atomic E-state index is 10.0. The average Bonchev–Trinajstić information content (AvgIpc) is 2.65. The van der Waals surface area contributed by atoms with Crippen LogP contribution in [-0.2, 0) is 6.42 Å². The molecule has 2 aromatic carbocycles. The summed E-state index contributed by atoms with van der Waals surface area (Å²) >= 11 is 0. The number of hydrogen-bond donors (Lipinski definition) is 3. The number of nitrogens with one attached hydrogen (secondary N) is 1. The molecule has 0 spiro atoms. The first-order chi connectivity index (χ1) is 12.7. The molecule has 26 heavy (non-hydrogen) atoms. The van der Waals surface area contributed by atoms with E-state index in [1.165, 1.54) is 5.56 Å². The van der Waals surface area contributed by atoms with Crippen LogP contribution in [0.5, 0.6) is 11.5 Å². The van der Waals surface area contributed by atoms with Gasteiger partial charge < -0.3 is 20.9 Å². The van der Waals surface area contributed by atoms with Gasteiger partial charge in [-0.1, -0.05) is 42.5 Å². The van der Waals surface area contributed by atoms with Gasteiger partial charge in [0.15, 0.2) is 11.6 Å². The molecule has 0 amide bonds. The molecule has 0 fully saturated rings. The highest BCUT2D eigenvalue weighted by Gasteiger charge is 2.16. The second-order valence-corrected chi connectivity index (χ2v) is 5.98. The van der Waals surface area contributed by atoms with Crippen molar-refractivity contribution in [3.05, 3.63) is 66.2 Å². The molecule has 1 atom stereocenters. The molecule has 3 aromatic rings. The zero-order chi connectivity index (χ0) is 18.4. The topological polar surface area (TPSA) is 93.3 Å². The Kier molecular flexibility index (Phi) is 5.66. The van der Waals surface area contributed by atoms with Gasteiger partial charge in [0.1, 0.15) is 17.5 Å². The van der Waals surface area contributed by atoms with E-state index in [2.05, 4.69) is 27.6 Å². The smallest absolute Gasteiger partial charge is 0.188 e. The molecule has 0 aliphatic heterocycles. The van der Waals surface area contributed by atoms with Crippen molar-refractivity contribution in [1.82, 2.24) is 15.5 Å². The van der Waals surface area contributed by atoms with Crippen molar-refractivity contribution < 1.29 is 9.84 Å². The summed E-state index contributed by atoms with van der Waals surface area (Å²) in [6.45, 7) is 0.655. The van der Waals surface area contributed by atoms with Gasteiger partial charge in [0, 0.05) is 24.6 Å². The van der Waals surface area contributed by atoms with Gasteiger partial charge in [0.05, 0.1) is 0 Å². The van der Waals surface area contributed by atoms with Crippen LogP contribution < -0.4 is 15.8 Å². The third kappa shape index (κ3) is 4.29. The van der Waals surface area contributed by atoms with E-state index in [0.717, 1.165) is 6.42 Å². The van der Waals surface area contributed by atoms with E-state index in [1.54, 1.807) is 24.3 Å². The molecule has 1 unspecified atom stereocenters. The van der Waals surface area contributed by atoms with E-state index >= 15 is 0 Å². The molecule has 0 saturated carbocycles. The van der Waals surface area contributed by atoms with Crippen molar-refractivity contribution in [3.63, 3.8) is 0 Å². The monoisotopic (exact) mass is 350 g/mol. The number of likely N-dealkylation sites (N-methyl/N-ethyl adjacent to an activating group) is 1. The van der Waals surface area contributed by atoms with Gasteiger partial charge in [0.25, 0.3) is 0 Å². The largest absolute Gasteiger partial charge is 0.507 e. The van der Waals surface area contributed by atoms with E-state index in [1.807, 2.05) is 31.3 Å². The molecule has 3 rings (SSSR count). The van der Waals surface area contributed by atoms with Crippen molar-refractivity contribution in [3.8, 4) is 22.8 Å². The van der Waals surface area contributed by atoms with Gasteiger partial charge >= 0.3 is 0 Å². The van der Waals surface area contributed by atoms with Gasteiger partial charge in [-0.3, -0.25) is 0 Å². The molecule has 134 valence electrons. The van der Waals surface area contributed by atoms with Crippen LogP contribution in [0.4, 0.5) is 5.82 Å². The number of nitrogens with two attached hydrogens (primary N) is 1. The molecule has 1 aromatic heterocycles. The fourth-order valence-electron chi connectivity index (χ4n) is 2.74. The van der Waals surface area contributed by atoms with Crippen molar-refractivity contribution in [2.45, 2.75) is 12.5 Å². The van der Waals surface area contributed by atoms with Crippen molar-refractivity contribution >= 4 is 5.82 Å². The van der Waals surface area contributed by atoms with Crippen LogP contribution in [0.1, 0.15) is 5.56 Å². The minimum Gasteiger partial charge on any atom is -0.507 e. The second kappa shape index (κ2) is 8.31. The summed E-state index contributed by atoms with van der Waals surface area (Å²) in [6.07, 6.45) is 0.612. The first-order valence-electron chi connectivity index (χ1n) is 8.44. The van der Waals surface area contributed by atoms with Gasteiger partial charge in [0.2, 0.25) is 0 Å². The number of nitrogen functional groups attached to an aromatic ring is 1. The molecule has 0 bridgehead atoms. The lowest BCUT2D eigenvalue weighted by Gasteiger charge is -2.20. The number of benzene rings is 2. The van der Waals surface area contributed by atoms with Gasteiger partial charge in [-0.15, -0.1) is 10.2 Å². The average molecular weight is 350 g/mol. The van der Waals surface area contributed by atoms with Crippen molar-refractivity contribution in [2.24, 2.45) is 0 Å². The number of anilines is 1. The highest BCUT2D eigenvalue weighted by molar-refractivity contribution is 5.68. The molecular formula is C20H22N4O2. The highest BCUT2D eigenvalue weighted by Crippen LogP contribution is 2.31. The number of hydrogen-bond acceptors (Lipinski definition) is 6. The maximum absolute atomic E-state index is 10.0. The number of nitrogens with zero attached hydrogens (tertiary/aromatic N) is 2. The first-order valence-corrected chi connectivity index (χ1v) is 8.44. The number of phenols is 1.